The minimum atomic E-state index is -3.75. The maximum atomic E-state index is 13.1. The summed E-state index contributed by atoms with van der Waals surface area (Å²) in [5.74, 6) is -0.258. The molecule has 2 amide bonds. The van der Waals surface area contributed by atoms with E-state index in [0.29, 0.717) is 11.0 Å². The molecule has 0 spiro atoms. The Morgan fingerprint density at radius 2 is 1.83 bits per heavy atom. The second-order valence-corrected chi connectivity index (χ2v) is 10.4. The molecule has 1 aliphatic rings. The van der Waals surface area contributed by atoms with Gasteiger partial charge in [0.15, 0.2) is 0 Å². The SMILES string of the molecule is CN(CC(=O)N1CCN(S(=O)(=O)c2cccc3nsnc23)CC1)C(=O)OC(C)(C)C. The number of rotatable bonds is 4. The number of hydrogen-bond acceptors (Lipinski definition) is 8. The van der Waals surface area contributed by atoms with Crippen molar-refractivity contribution in [2.45, 2.75) is 31.3 Å². The van der Waals surface area contributed by atoms with Crippen LogP contribution in [0.2, 0.25) is 0 Å². The average Bonchev–Trinajstić information content (AvgIpc) is 3.15. The fourth-order valence-corrected chi connectivity index (χ4v) is 5.19. The summed E-state index contributed by atoms with van der Waals surface area (Å²) in [6, 6.07) is 4.88. The number of ether oxygens (including phenoxy) is 1. The molecule has 0 N–H and O–H groups in total. The minimum absolute atomic E-state index is 0.123. The average molecular weight is 456 g/mol. The molecule has 12 heteroatoms. The van der Waals surface area contributed by atoms with Gasteiger partial charge in [0.2, 0.25) is 15.9 Å². The topological polar surface area (TPSA) is 113 Å². The smallest absolute Gasteiger partial charge is 0.410 e. The van der Waals surface area contributed by atoms with E-state index in [1.807, 2.05) is 0 Å². The highest BCUT2D eigenvalue weighted by molar-refractivity contribution is 7.89. The van der Waals surface area contributed by atoms with E-state index in [2.05, 4.69) is 8.75 Å². The van der Waals surface area contributed by atoms with Crippen LogP contribution in [0.4, 0.5) is 4.79 Å². The molecule has 2 heterocycles. The van der Waals surface area contributed by atoms with Crippen molar-refractivity contribution < 1.29 is 22.7 Å². The normalized spacial score (nSPS) is 15.9. The summed E-state index contributed by atoms with van der Waals surface area (Å²) in [5.41, 5.74) is 0.254. The zero-order valence-electron chi connectivity index (χ0n) is 17.4. The lowest BCUT2D eigenvalue weighted by atomic mass is 10.2. The zero-order valence-corrected chi connectivity index (χ0v) is 19.0. The number of aromatic nitrogens is 2. The lowest BCUT2D eigenvalue weighted by molar-refractivity contribution is -0.133. The van der Waals surface area contributed by atoms with Gasteiger partial charge < -0.3 is 14.5 Å². The van der Waals surface area contributed by atoms with E-state index in [1.54, 1.807) is 37.8 Å². The first-order valence-electron chi connectivity index (χ1n) is 9.42. The lowest BCUT2D eigenvalue weighted by Crippen LogP contribution is -2.52. The molecule has 0 atom stereocenters. The van der Waals surface area contributed by atoms with Gasteiger partial charge in [0.1, 0.15) is 28.1 Å². The Balaban J connectivity index is 1.61. The summed E-state index contributed by atoms with van der Waals surface area (Å²) in [7, 11) is -2.25. The Kier molecular flexibility index (Phi) is 6.29. The number of piperazine rings is 1. The predicted octanol–water partition coefficient (Wildman–Crippen LogP) is 1.39. The number of carbonyl (C=O) groups excluding carboxylic acids is 2. The molecule has 10 nitrogen and oxygen atoms in total. The molecule has 1 aromatic carbocycles. The number of likely N-dealkylation sites (N-methyl/N-ethyl adjacent to an activating group) is 1. The monoisotopic (exact) mass is 455 g/mol. The molecule has 3 rings (SSSR count). The number of benzene rings is 1. The Morgan fingerprint density at radius 3 is 2.47 bits per heavy atom. The van der Waals surface area contributed by atoms with Gasteiger partial charge in [0, 0.05) is 33.2 Å². The summed E-state index contributed by atoms with van der Waals surface area (Å²) in [5, 5.41) is 0. The van der Waals surface area contributed by atoms with Crippen LogP contribution in [0.3, 0.4) is 0 Å². The first kappa shape index (κ1) is 22.4. The third-order valence-electron chi connectivity index (χ3n) is 4.54. The van der Waals surface area contributed by atoms with Gasteiger partial charge >= 0.3 is 6.09 Å². The van der Waals surface area contributed by atoms with Crippen LogP contribution in [0.15, 0.2) is 23.1 Å². The maximum Gasteiger partial charge on any atom is 0.410 e. The van der Waals surface area contributed by atoms with E-state index < -0.39 is 21.7 Å². The Morgan fingerprint density at radius 1 is 1.17 bits per heavy atom. The molecule has 1 fully saturated rings. The van der Waals surface area contributed by atoms with Gasteiger partial charge in [-0.15, -0.1) is 0 Å². The van der Waals surface area contributed by atoms with E-state index in [-0.39, 0.29) is 43.5 Å². The molecule has 164 valence electrons. The van der Waals surface area contributed by atoms with Crippen molar-refractivity contribution in [2.24, 2.45) is 0 Å². The fraction of sp³-hybridized carbons (Fsp3) is 0.556. The molecule has 0 radical (unpaired) electrons. The van der Waals surface area contributed by atoms with E-state index in [9.17, 15) is 18.0 Å². The first-order valence-corrected chi connectivity index (χ1v) is 11.6. The van der Waals surface area contributed by atoms with Crippen LogP contribution < -0.4 is 0 Å². The Labute approximate surface area is 179 Å². The third kappa shape index (κ3) is 4.87. The van der Waals surface area contributed by atoms with Gasteiger partial charge in [-0.1, -0.05) is 6.07 Å². The number of amides is 2. The summed E-state index contributed by atoms with van der Waals surface area (Å²) in [6.07, 6.45) is -0.581. The molecule has 0 bridgehead atoms. The summed E-state index contributed by atoms with van der Waals surface area (Å²) >= 11 is 0.967. The molecule has 30 heavy (non-hydrogen) atoms. The lowest BCUT2D eigenvalue weighted by Gasteiger charge is -2.35. The van der Waals surface area contributed by atoms with E-state index in [1.165, 1.54) is 22.3 Å². The van der Waals surface area contributed by atoms with Gasteiger partial charge in [-0.05, 0) is 32.9 Å². The number of fused-ring (bicyclic) bond motifs is 1. The van der Waals surface area contributed by atoms with Gasteiger partial charge in [0.05, 0.1) is 11.7 Å². The highest BCUT2D eigenvalue weighted by Gasteiger charge is 2.32. The maximum absolute atomic E-state index is 13.1. The number of nitrogens with zero attached hydrogens (tertiary/aromatic N) is 5. The van der Waals surface area contributed by atoms with Gasteiger partial charge in [-0.3, -0.25) is 4.79 Å². The van der Waals surface area contributed by atoms with Crippen LogP contribution in [0.1, 0.15) is 20.8 Å². The molecule has 2 aromatic rings. The van der Waals surface area contributed by atoms with Crippen LogP contribution in [-0.2, 0) is 19.6 Å². The number of carbonyl (C=O) groups is 2. The van der Waals surface area contributed by atoms with Gasteiger partial charge in [0.25, 0.3) is 0 Å². The van der Waals surface area contributed by atoms with Crippen LogP contribution in [0.25, 0.3) is 11.0 Å². The summed E-state index contributed by atoms with van der Waals surface area (Å²) in [4.78, 5) is 27.5. The van der Waals surface area contributed by atoms with Crippen molar-refractivity contribution in [3.05, 3.63) is 18.2 Å². The van der Waals surface area contributed by atoms with E-state index >= 15 is 0 Å². The van der Waals surface area contributed by atoms with E-state index in [0.717, 1.165) is 11.7 Å². The second kappa shape index (κ2) is 8.44. The van der Waals surface area contributed by atoms with Crippen LogP contribution in [-0.4, -0.2) is 88.6 Å². The molecule has 0 unspecified atom stereocenters. The highest BCUT2D eigenvalue weighted by atomic mass is 32.2. The minimum Gasteiger partial charge on any atom is -0.444 e. The van der Waals surface area contributed by atoms with Crippen molar-refractivity contribution in [1.29, 1.82) is 0 Å². The standard InChI is InChI=1S/C18H25N5O5S2/c1-18(2,3)28-17(25)21(4)12-15(24)22-8-10-23(11-9-22)30(26,27)14-7-5-6-13-16(14)20-29-19-13/h5-7H,8-12H2,1-4H3. The largest absolute Gasteiger partial charge is 0.444 e. The van der Waals surface area contributed by atoms with Crippen molar-refractivity contribution in [3.63, 3.8) is 0 Å². The molecular formula is C18H25N5O5S2. The first-order chi connectivity index (χ1) is 14.0. The number of sulfonamides is 1. The molecule has 0 saturated carbocycles. The van der Waals surface area contributed by atoms with Gasteiger partial charge in [-0.2, -0.15) is 13.1 Å². The van der Waals surface area contributed by atoms with Crippen LogP contribution >= 0.6 is 11.7 Å². The van der Waals surface area contributed by atoms with Gasteiger partial charge in [-0.25, -0.2) is 13.2 Å². The molecule has 1 aliphatic heterocycles. The van der Waals surface area contributed by atoms with Crippen molar-refractivity contribution in [3.8, 4) is 0 Å². The molecule has 1 saturated heterocycles. The van der Waals surface area contributed by atoms with Crippen molar-refractivity contribution in [2.75, 3.05) is 39.8 Å². The third-order valence-corrected chi connectivity index (χ3v) is 7.01. The Bertz CT molecular complexity index is 1040. The van der Waals surface area contributed by atoms with E-state index in [4.69, 9.17) is 4.74 Å². The predicted molar refractivity (Wildman–Crippen MR) is 112 cm³/mol. The molecule has 0 aliphatic carbocycles. The van der Waals surface area contributed by atoms with Crippen LogP contribution in [0, 0.1) is 0 Å². The number of hydrogen-bond donors (Lipinski definition) is 0. The van der Waals surface area contributed by atoms with Crippen molar-refractivity contribution >= 4 is 44.8 Å². The van der Waals surface area contributed by atoms with Crippen LogP contribution in [0.5, 0.6) is 0 Å². The quantitative estimate of drug-likeness (QED) is 0.685. The molecular weight excluding hydrogens is 430 g/mol. The fourth-order valence-electron chi connectivity index (χ4n) is 3.01. The summed E-state index contributed by atoms with van der Waals surface area (Å²) < 4.78 is 40.9. The summed E-state index contributed by atoms with van der Waals surface area (Å²) in [6.45, 7) is 5.94. The molecule has 1 aromatic heterocycles. The van der Waals surface area contributed by atoms with Crippen molar-refractivity contribution in [1.82, 2.24) is 22.9 Å². The Hall–Kier alpha value is -2.31. The highest BCUT2D eigenvalue weighted by Crippen LogP contribution is 2.25. The zero-order chi connectivity index (χ0) is 22.1. The second-order valence-electron chi connectivity index (χ2n) is 8.01.